The fourth-order valence-electron chi connectivity index (χ4n) is 8.99. The van der Waals surface area contributed by atoms with Crippen molar-refractivity contribution in [1.29, 1.82) is 0 Å². The van der Waals surface area contributed by atoms with Crippen LogP contribution in [0.4, 0.5) is 0 Å². The Bertz CT molecular complexity index is 1180. The average Bonchev–Trinajstić information content (AvgIpc) is 3.33. The van der Waals surface area contributed by atoms with E-state index in [-0.39, 0.29) is 25.6 Å². The Morgan fingerprint density at radius 1 is 0.471 bits per heavy atom. The van der Waals surface area contributed by atoms with Crippen molar-refractivity contribution in [1.82, 2.24) is 0 Å². The molecule has 2 saturated heterocycles. The predicted octanol–water partition coefficient (Wildman–Crippen LogP) is 9.02. The molecule has 2 fully saturated rings. The molecule has 0 aromatic rings. The van der Waals surface area contributed by atoms with Gasteiger partial charge in [0, 0.05) is 13.0 Å². The number of hydrogen-bond acceptors (Lipinski definition) is 14. The Hall–Kier alpha value is -1.27. The van der Waals surface area contributed by atoms with E-state index in [1.165, 1.54) is 161 Å². The molecule has 0 saturated carbocycles. The molecule has 2 rings (SSSR count). The van der Waals surface area contributed by atoms with E-state index in [0.717, 1.165) is 38.5 Å². The first kappa shape index (κ1) is 62.8. The summed E-state index contributed by atoms with van der Waals surface area (Å²) < 4.78 is 34.4. The summed E-state index contributed by atoms with van der Waals surface area (Å²) in [6, 6.07) is 0. The third-order valence-electron chi connectivity index (χ3n) is 13.5. The number of carbonyl (C=O) groups excluding carboxylic acids is 1. The van der Waals surface area contributed by atoms with Gasteiger partial charge in [-0.25, -0.2) is 0 Å². The van der Waals surface area contributed by atoms with Crippen LogP contribution in [0, 0.1) is 0 Å². The smallest absolute Gasteiger partial charge is 0.306 e. The SMILES string of the molecule is CCCCCCCC/C=C\CCCCCCCCCCCC(=O)OC(COCCCCCCCCCCCCCCCCC)COC1OC(COC2OC(CO)C(O)C(O)C2O)C(O)C(O)C1O. The molecule has 2 aliphatic rings. The minimum absolute atomic E-state index is 0.0669. The second kappa shape index (κ2) is 42.3. The molecule has 0 aromatic heterocycles. The number of ether oxygens (including phenoxy) is 6. The van der Waals surface area contributed by atoms with Crippen LogP contribution in [0.3, 0.4) is 0 Å². The molecular formula is C54H102O14. The first-order chi connectivity index (χ1) is 33.1. The number of unbranched alkanes of at least 4 members (excludes halogenated alkanes) is 29. The van der Waals surface area contributed by atoms with Crippen LogP contribution >= 0.6 is 0 Å². The molecule has 2 heterocycles. The zero-order valence-corrected chi connectivity index (χ0v) is 42.9. The zero-order chi connectivity index (χ0) is 49.5. The molecule has 11 atom stereocenters. The molecule has 7 N–H and O–H groups in total. The number of aliphatic hydroxyl groups is 7. The number of rotatable bonds is 45. The predicted molar refractivity (Wildman–Crippen MR) is 266 cm³/mol. The van der Waals surface area contributed by atoms with Crippen LogP contribution in [-0.4, -0.2) is 142 Å². The van der Waals surface area contributed by atoms with Crippen molar-refractivity contribution in [2.75, 3.05) is 33.0 Å². The van der Waals surface area contributed by atoms with Crippen LogP contribution in [-0.2, 0) is 33.2 Å². The molecule has 0 spiro atoms. The number of esters is 1. The van der Waals surface area contributed by atoms with E-state index < -0.39 is 80.7 Å². The van der Waals surface area contributed by atoms with Gasteiger partial charge in [0.15, 0.2) is 12.6 Å². The highest BCUT2D eigenvalue weighted by Crippen LogP contribution is 2.27. The van der Waals surface area contributed by atoms with Gasteiger partial charge in [-0.3, -0.25) is 4.79 Å². The number of aliphatic hydroxyl groups excluding tert-OH is 7. The lowest BCUT2D eigenvalue weighted by Gasteiger charge is -2.42. The molecule has 0 aromatic carbocycles. The van der Waals surface area contributed by atoms with Crippen molar-refractivity contribution in [3.05, 3.63) is 12.2 Å². The maximum Gasteiger partial charge on any atom is 0.306 e. The highest BCUT2D eigenvalue weighted by atomic mass is 16.7. The summed E-state index contributed by atoms with van der Waals surface area (Å²) in [4.78, 5) is 13.0. The molecular weight excluding hydrogens is 873 g/mol. The van der Waals surface area contributed by atoms with Crippen LogP contribution in [0.2, 0.25) is 0 Å². The van der Waals surface area contributed by atoms with Gasteiger partial charge >= 0.3 is 5.97 Å². The van der Waals surface area contributed by atoms with E-state index in [1.54, 1.807) is 0 Å². The summed E-state index contributed by atoms with van der Waals surface area (Å²) in [5.41, 5.74) is 0. The van der Waals surface area contributed by atoms with Gasteiger partial charge in [0.1, 0.15) is 54.9 Å². The van der Waals surface area contributed by atoms with E-state index in [4.69, 9.17) is 28.4 Å². The van der Waals surface area contributed by atoms with Crippen LogP contribution in [0.1, 0.15) is 226 Å². The molecule has 0 bridgehead atoms. The summed E-state index contributed by atoms with van der Waals surface area (Å²) in [6.45, 7) is 3.73. The summed E-state index contributed by atoms with van der Waals surface area (Å²) in [5.74, 6) is -0.374. The Kier molecular flexibility index (Phi) is 39.1. The van der Waals surface area contributed by atoms with Crippen LogP contribution < -0.4 is 0 Å². The lowest BCUT2D eigenvalue weighted by atomic mass is 9.98. The fourth-order valence-corrected chi connectivity index (χ4v) is 8.99. The van der Waals surface area contributed by atoms with Gasteiger partial charge in [0.25, 0.3) is 0 Å². The first-order valence-electron chi connectivity index (χ1n) is 27.8. The molecule has 14 nitrogen and oxygen atoms in total. The topological polar surface area (TPSA) is 214 Å². The second-order valence-corrected chi connectivity index (χ2v) is 19.8. The molecule has 0 radical (unpaired) electrons. The second-order valence-electron chi connectivity index (χ2n) is 19.8. The standard InChI is InChI=1S/C54H102O14/c1-3-5-7-9-11-13-15-17-19-20-21-22-23-25-27-29-31-33-35-37-46(56)66-43(40-63-38-36-34-32-30-28-26-24-18-16-14-12-10-8-6-4-2)41-64-53-52(62)50(60)48(58)45(68-53)42-65-54-51(61)49(59)47(57)44(39-55)67-54/h17,19,43-45,47-55,57-62H,3-16,18,20-42H2,1-2H3/b19-17-. The highest BCUT2D eigenvalue weighted by Gasteiger charge is 2.47. The van der Waals surface area contributed by atoms with Crippen LogP contribution in [0.5, 0.6) is 0 Å². The molecule has 68 heavy (non-hydrogen) atoms. The minimum atomic E-state index is -1.70. The summed E-state index contributed by atoms with van der Waals surface area (Å²) in [7, 11) is 0. The first-order valence-corrected chi connectivity index (χ1v) is 27.8. The number of allylic oxidation sites excluding steroid dienone is 2. The summed E-state index contributed by atoms with van der Waals surface area (Å²) >= 11 is 0. The normalized spacial score (nSPS) is 25.9. The Labute approximate surface area is 412 Å². The van der Waals surface area contributed by atoms with Gasteiger partial charge in [0.2, 0.25) is 0 Å². The Balaban J connectivity index is 1.73. The number of hydrogen-bond donors (Lipinski definition) is 7. The zero-order valence-electron chi connectivity index (χ0n) is 42.9. The quantitative estimate of drug-likeness (QED) is 0.0172. The summed E-state index contributed by atoms with van der Waals surface area (Å²) in [6.07, 6.45) is 28.4. The van der Waals surface area contributed by atoms with Crippen molar-refractivity contribution < 1.29 is 69.0 Å². The van der Waals surface area contributed by atoms with E-state index in [1.807, 2.05) is 0 Å². The van der Waals surface area contributed by atoms with Crippen LogP contribution in [0.25, 0.3) is 0 Å². The van der Waals surface area contributed by atoms with Crippen molar-refractivity contribution in [2.24, 2.45) is 0 Å². The van der Waals surface area contributed by atoms with E-state index in [2.05, 4.69) is 26.0 Å². The lowest BCUT2D eigenvalue weighted by Crippen LogP contribution is -2.61. The van der Waals surface area contributed by atoms with E-state index >= 15 is 0 Å². The molecule has 0 amide bonds. The minimum Gasteiger partial charge on any atom is -0.457 e. The Morgan fingerprint density at radius 2 is 0.868 bits per heavy atom. The molecule has 11 unspecified atom stereocenters. The van der Waals surface area contributed by atoms with Crippen molar-refractivity contribution >= 4 is 5.97 Å². The third kappa shape index (κ3) is 29.3. The van der Waals surface area contributed by atoms with E-state index in [9.17, 15) is 40.5 Å². The van der Waals surface area contributed by atoms with Crippen molar-refractivity contribution in [2.45, 2.75) is 293 Å². The van der Waals surface area contributed by atoms with Gasteiger partial charge in [-0.1, -0.05) is 193 Å². The Morgan fingerprint density at radius 3 is 1.34 bits per heavy atom. The van der Waals surface area contributed by atoms with Crippen molar-refractivity contribution in [3.63, 3.8) is 0 Å². The van der Waals surface area contributed by atoms with Crippen molar-refractivity contribution in [3.8, 4) is 0 Å². The van der Waals surface area contributed by atoms with Gasteiger partial charge in [-0.15, -0.1) is 0 Å². The van der Waals surface area contributed by atoms with Crippen LogP contribution in [0.15, 0.2) is 12.2 Å². The maximum atomic E-state index is 13.0. The van der Waals surface area contributed by atoms with Gasteiger partial charge in [0.05, 0.1) is 26.4 Å². The van der Waals surface area contributed by atoms with Gasteiger partial charge in [-0.2, -0.15) is 0 Å². The maximum absolute atomic E-state index is 13.0. The highest BCUT2D eigenvalue weighted by molar-refractivity contribution is 5.69. The average molecular weight is 975 g/mol. The monoisotopic (exact) mass is 975 g/mol. The largest absolute Gasteiger partial charge is 0.457 e. The molecule has 402 valence electrons. The third-order valence-corrected chi connectivity index (χ3v) is 13.5. The fraction of sp³-hybridized carbons (Fsp3) is 0.944. The summed E-state index contributed by atoms with van der Waals surface area (Å²) in [5, 5.41) is 72.2. The molecule has 14 heteroatoms. The van der Waals surface area contributed by atoms with E-state index in [0.29, 0.717) is 13.0 Å². The number of carbonyl (C=O) groups is 1. The molecule has 2 aliphatic heterocycles. The van der Waals surface area contributed by atoms with Gasteiger partial charge in [-0.05, 0) is 38.5 Å². The van der Waals surface area contributed by atoms with Gasteiger partial charge < -0.3 is 64.2 Å². The lowest BCUT2D eigenvalue weighted by molar-refractivity contribution is -0.332. The molecule has 0 aliphatic carbocycles.